The largest absolute Gasteiger partial charge is 0.496 e. The van der Waals surface area contributed by atoms with E-state index in [0.717, 1.165) is 12.0 Å². The third-order valence-corrected chi connectivity index (χ3v) is 4.15. The first-order valence-electron chi connectivity index (χ1n) is 5.49. The lowest BCUT2D eigenvalue weighted by atomic mass is 10.2. The van der Waals surface area contributed by atoms with Gasteiger partial charge in [0.1, 0.15) is 5.75 Å². The van der Waals surface area contributed by atoms with Crippen LogP contribution in [-0.4, -0.2) is 23.1 Å². The number of hydrogen-bond acceptors (Lipinski definition) is 3. The molecule has 1 aromatic carbocycles. The van der Waals surface area contributed by atoms with Crippen molar-refractivity contribution in [2.45, 2.75) is 25.1 Å². The topological polar surface area (TPSA) is 52.3 Å². The van der Waals surface area contributed by atoms with Crippen molar-refractivity contribution >= 4 is 22.4 Å². The summed E-state index contributed by atoms with van der Waals surface area (Å²) in [4.78, 5) is 0. The summed E-state index contributed by atoms with van der Waals surface area (Å²) in [6.07, 6.45) is 0.832. The van der Waals surface area contributed by atoms with E-state index in [-0.39, 0.29) is 6.04 Å². The fraction of sp³-hybridized carbons (Fsp3) is 0.500. The van der Waals surface area contributed by atoms with E-state index in [4.69, 9.17) is 22.1 Å². The van der Waals surface area contributed by atoms with E-state index in [2.05, 4.69) is 0 Å². The molecule has 3 nitrogen and oxygen atoms in total. The van der Waals surface area contributed by atoms with Crippen LogP contribution in [0.3, 0.4) is 0 Å². The molecule has 0 saturated heterocycles. The number of halogens is 1. The highest BCUT2D eigenvalue weighted by molar-refractivity contribution is 7.84. The number of nitrogens with two attached hydrogens (primary N) is 1. The molecule has 0 aliphatic carbocycles. The fourth-order valence-electron chi connectivity index (χ4n) is 1.45. The van der Waals surface area contributed by atoms with E-state index in [1.807, 2.05) is 6.92 Å². The monoisotopic (exact) mass is 275 g/mol. The summed E-state index contributed by atoms with van der Waals surface area (Å²) in [5.41, 5.74) is 6.64. The quantitative estimate of drug-likeness (QED) is 0.867. The summed E-state index contributed by atoms with van der Waals surface area (Å²) in [6, 6.07) is 5.32. The van der Waals surface area contributed by atoms with E-state index in [9.17, 15) is 4.21 Å². The van der Waals surface area contributed by atoms with Gasteiger partial charge < -0.3 is 10.5 Å². The molecule has 0 radical (unpaired) electrons. The van der Waals surface area contributed by atoms with Gasteiger partial charge in [-0.05, 0) is 24.6 Å². The van der Waals surface area contributed by atoms with Crippen LogP contribution in [0.2, 0.25) is 5.02 Å². The summed E-state index contributed by atoms with van der Waals surface area (Å²) >= 11 is 5.91. The molecule has 17 heavy (non-hydrogen) atoms. The summed E-state index contributed by atoms with van der Waals surface area (Å²) in [7, 11) is 0.606. The molecule has 0 aliphatic rings. The van der Waals surface area contributed by atoms with E-state index < -0.39 is 10.8 Å². The molecular formula is C12H18ClNO2S. The van der Waals surface area contributed by atoms with Crippen LogP contribution < -0.4 is 10.5 Å². The van der Waals surface area contributed by atoms with Crippen molar-refractivity contribution in [2.75, 3.05) is 12.9 Å². The molecule has 1 aromatic rings. The standard InChI is InChI=1S/C12H18ClNO2S/c1-3-11(14)8-17(15)7-9-6-10(13)4-5-12(9)16-2/h4-6,11H,3,7-8,14H2,1-2H3. The highest BCUT2D eigenvalue weighted by Gasteiger charge is 2.11. The highest BCUT2D eigenvalue weighted by Crippen LogP contribution is 2.24. The molecule has 1 rings (SSSR count). The molecule has 0 saturated carbocycles. The zero-order valence-corrected chi connectivity index (χ0v) is 11.7. The summed E-state index contributed by atoms with van der Waals surface area (Å²) < 4.78 is 17.1. The van der Waals surface area contributed by atoms with Gasteiger partial charge in [-0.2, -0.15) is 0 Å². The lowest BCUT2D eigenvalue weighted by Crippen LogP contribution is -2.26. The molecule has 0 bridgehead atoms. The predicted octanol–water partition coefficient (Wildman–Crippen LogP) is 2.33. The second-order valence-corrected chi connectivity index (χ2v) is 5.81. The van der Waals surface area contributed by atoms with Crippen molar-refractivity contribution in [3.63, 3.8) is 0 Å². The Morgan fingerprint density at radius 2 is 2.24 bits per heavy atom. The van der Waals surface area contributed by atoms with Gasteiger partial charge in [-0.1, -0.05) is 18.5 Å². The van der Waals surface area contributed by atoms with Crippen LogP contribution in [0.15, 0.2) is 18.2 Å². The van der Waals surface area contributed by atoms with Crippen molar-refractivity contribution < 1.29 is 8.95 Å². The molecule has 0 aromatic heterocycles. The molecule has 0 fully saturated rings. The van der Waals surface area contributed by atoms with Crippen LogP contribution in [-0.2, 0) is 16.6 Å². The zero-order chi connectivity index (χ0) is 12.8. The first-order valence-corrected chi connectivity index (χ1v) is 7.36. The maximum atomic E-state index is 11.9. The molecule has 2 atom stereocenters. The minimum Gasteiger partial charge on any atom is -0.496 e. The Morgan fingerprint density at radius 1 is 1.53 bits per heavy atom. The van der Waals surface area contributed by atoms with Crippen LogP contribution in [0.5, 0.6) is 5.75 Å². The Kier molecular flexibility index (Phi) is 5.95. The number of rotatable bonds is 6. The second-order valence-electron chi connectivity index (χ2n) is 3.88. The highest BCUT2D eigenvalue weighted by atomic mass is 35.5. The van der Waals surface area contributed by atoms with Crippen LogP contribution in [0.4, 0.5) is 0 Å². The average Bonchev–Trinajstić information content (AvgIpc) is 2.29. The van der Waals surface area contributed by atoms with Crippen molar-refractivity contribution in [3.05, 3.63) is 28.8 Å². The Labute approximate surface area is 110 Å². The second kappa shape index (κ2) is 6.99. The molecule has 0 heterocycles. The van der Waals surface area contributed by atoms with E-state index >= 15 is 0 Å². The van der Waals surface area contributed by atoms with Crippen LogP contribution >= 0.6 is 11.6 Å². The molecular weight excluding hydrogens is 258 g/mol. The number of ether oxygens (including phenoxy) is 1. The Bertz CT molecular complexity index is 398. The molecule has 0 amide bonds. The SMILES string of the molecule is CCC(N)CS(=O)Cc1cc(Cl)ccc1OC. The fourth-order valence-corrected chi connectivity index (χ4v) is 3.05. The molecule has 96 valence electrons. The lowest BCUT2D eigenvalue weighted by molar-refractivity contribution is 0.411. The van der Waals surface area contributed by atoms with Gasteiger partial charge in [0.05, 0.1) is 12.9 Å². The van der Waals surface area contributed by atoms with Crippen molar-refractivity contribution in [3.8, 4) is 5.75 Å². The smallest absolute Gasteiger partial charge is 0.123 e. The van der Waals surface area contributed by atoms with Crippen LogP contribution in [0.1, 0.15) is 18.9 Å². The Balaban J connectivity index is 2.73. The molecule has 0 aliphatic heterocycles. The van der Waals surface area contributed by atoms with Crippen LogP contribution in [0.25, 0.3) is 0 Å². The Hall–Kier alpha value is -0.580. The van der Waals surface area contributed by atoms with Gasteiger partial charge in [-0.15, -0.1) is 0 Å². The maximum absolute atomic E-state index is 11.9. The van der Waals surface area contributed by atoms with E-state index in [0.29, 0.717) is 22.3 Å². The van der Waals surface area contributed by atoms with Crippen molar-refractivity contribution in [1.29, 1.82) is 0 Å². The molecule has 2 unspecified atom stereocenters. The average molecular weight is 276 g/mol. The van der Waals surface area contributed by atoms with Gasteiger partial charge in [0, 0.05) is 33.2 Å². The minimum absolute atomic E-state index is 0.0130. The van der Waals surface area contributed by atoms with Crippen molar-refractivity contribution in [1.82, 2.24) is 0 Å². The maximum Gasteiger partial charge on any atom is 0.123 e. The van der Waals surface area contributed by atoms with Gasteiger partial charge in [0.2, 0.25) is 0 Å². The van der Waals surface area contributed by atoms with Gasteiger partial charge in [-0.25, -0.2) is 0 Å². The summed E-state index contributed by atoms with van der Waals surface area (Å²) in [5, 5.41) is 0.623. The van der Waals surface area contributed by atoms with E-state index in [1.54, 1.807) is 25.3 Å². The zero-order valence-electron chi connectivity index (χ0n) is 10.1. The third kappa shape index (κ3) is 4.66. The van der Waals surface area contributed by atoms with Crippen LogP contribution in [0, 0.1) is 0 Å². The molecule has 5 heteroatoms. The molecule has 0 spiro atoms. The third-order valence-electron chi connectivity index (χ3n) is 2.48. The Morgan fingerprint density at radius 3 is 2.82 bits per heavy atom. The normalized spacial score (nSPS) is 14.4. The summed E-state index contributed by atoms with van der Waals surface area (Å²) in [5.74, 6) is 1.65. The summed E-state index contributed by atoms with van der Waals surface area (Å²) in [6.45, 7) is 1.99. The first kappa shape index (κ1) is 14.5. The van der Waals surface area contributed by atoms with Crippen molar-refractivity contribution in [2.24, 2.45) is 5.73 Å². The van der Waals surface area contributed by atoms with Gasteiger partial charge >= 0.3 is 0 Å². The number of hydrogen-bond donors (Lipinski definition) is 1. The van der Waals surface area contributed by atoms with Gasteiger partial charge in [0.25, 0.3) is 0 Å². The lowest BCUT2D eigenvalue weighted by Gasteiger charge is -2.11. The first-order chi connectivity index (χ1) is 8.06. The van der Waals surface area contributed by atoms with Gasteiger partial charge in [-0.3, -0.25) is 4.21 Å². The van der Waals surface area contributed by atoms with E-state index in [1.165, 1.54) is 0 Å². The molecule has 2 N–H and O–H groups in total. The predicted molar refractivity (Wildman–Crippen MR) is 73.0 cm³/mol. The minimum atomic E-state index is -0.985. The van der Waals surface area contributed by atoms with Gasteiger partial charge in [0.15, 0.2) is 0 Å². The number of methoxy groups -OCH3 is 1. The number of benzene rings is 1.